The maximum Gasteiger partial charge on any atom is 0.132 e. The van der Waals surface area contributed by atoms with E-state index in [-0.39, 0.29) is 5.82 Å². The molecule has 30 heavy (non-hydrogen) atoms. The van der Waals surface area contributed by atoms with Gasteiger partial charge >= 0.3 is 0 Å². The summed E-state index contributed by atoms with van der Waals surface area (Å²) in [6, 6.07) is 9.56. The fraction of sp³-hybridized carbons (Fsp3) is 0.630. The second-order valence-corrected chi connectivity index (χ2v) is 9.25. The number of hydrogen-bond acceptors (Lipinski definition) is 2. The molecule has 1 aromatic heterocycles. The molecule has 0 amide bonds. The van der Waals surface area contributed by atoms with Gasteiger partial charge in [0.05, 0.1) is 11.4 Å². The maximum absolute atomic E-state index is 14.8. The Kier molecular flexibility index (Phi) is 9.29. The van der Waals surface area contributed by atoms with Crippen molar-refractivity contribution in [1.82, 2.24) is 10.2 Å². The summed E-state index contributed by atoms with van der Waals surface area (Å²) in [7, 11) is 0. The van der Waals surface area contributed by atoms with Crippen molar-refractivity contribution in [1.29, 1.82) is 0 Å². The van der Waals surface area contributed by atoms with Crippen molar-refractivity contribution in [2.24, 2.45) is 11.8 Å². The lowest BCUT2D eigenvalue weighted by atomic mass is 9.78. The maximum atomic E-state index is 14.8. The molecule has 2 nitrogen and oxygen atoms in total. The SMILES string of the molecule is CCCCCc1ccc(-c2ccc(CC[C@H]3CC[C@H](CCCC)CC3)cc2F)nn1. The van der Waals surface area contributed by atoms with E-state index in [1.165, 1.54) is 64.2 Å². The summed E-state index contributed by atoms with van der Waals surface area (Å²) in [6.07, 6.45) is 16.3. The Morgan fingerprint density at radius 1 is 0.800 bits per heavy atom. The normalized spacial score (nSPS) is 19.2. The fourth-order valence-electron chi connectivity index (χ4n) is 4.79. The molecule has 0 spiro atoms. The van der Waals surface area contributed by atoms with Gasteiger partial charge in [-0.15, -0.1) is 0 Å². The summed E-state index contributed by atoms with van der Waals surface area (Å²) in [6.45, 7) is 4.48. The van der Waals surface area contributed by atoms with Gasteiger partial charge in [0.15, 0.2) is 0 Å². The highest BCUT2D eigenvalue weighted by atomic mass is 19.1. The Hall–Kier alpha value is -1.77. The number of aryl methyl sites for hydroxylation is 2. The van der Waals surface area contributed by atoms with Gasteiger partial charge in [-0.1, -0.05) is 77.7 Å². The van der Waals surface area contributed by atoms with E-state index >= 15 is 0 Å². The summed E-state index contributed by atoms with van der Waals surface area (Å²) in [5.41, 5.74) is 3.29. The lowest BCUT2D eigenvalue weighted by molar-refractivity contribution is 0.250. The van der Waals surface area contributed by atoms with Crippen molar-refractivity contribution in [3.63, 3.8) is 0 Å². The van der Waals surface area contributed by atoms with Crippen molar-refractivity contribution >= 4 is 0 Å². The van der Waals surface area contributed by atoms with Gasteiger partial charge in [-0.2, -0.15) is 10.2 Å². The van der Waals surface area contributed by atoms with Crippen LogP contribution in [0.3, 0.4) is 0 Å². The van der Waals surface area contributed by atoms with Gasteiger partial charge < -0.3 is 0 Å². The molecular weight excluding hydrogens is 371 g/mol. The van der Waals surface area contributed by atoms with Crippen LogP contribution in [0.15, 0.2) is 30.3 Å². The zero-order valence-electron chi connectivity index (χ0n) is 19.0. The lowest BCUT2D eigenvalue weighted by Gasteiger charge is -2.28. The van der Waals surface area contributed by atoms with E-state index in [1.54, 1.807) is 6.07 Å². The Morgan fingerprint density at radius 2 is 1.53 bits per heavy atom. The molecule has 2 aromatic rings. The van der Waals surface area contributed by atoms with Gasteiger partial charge in [0, 0.05) is 5.56 Å². The Labute approximate surface area is 182 Å². The standard InChI is InChI=1S/C27H39FN2/c1-3-5-7-9-24-17-19-27(30-29-24)25-18-16-23(20-26(25)28)15-14-22-12-10-21(11-13-22)8-6-4-2/h16-22H,3-15H2,1-2H3/t21-,22-. The van der Waals surface area contributed by atoms with Crippen LogP contribution in [0.4, 0.5) is 4.39 Å². The molecule has 0 saturated heterocycles. The lowest BCUT2D eigenvalue weighted by Crippen LogP contribution is -2.15. The first-order valence-electron chi connectivity index (χ1n) is 12.3. The zero-order chi connectivity index (χ0) is 21.2. The molecule has 0 aliphatic heterocycles. The molecule has 0 N–H and O–H groups in total. The van der Waals surface area contributed by atoms with Crippen LogP contribution in [0.5, 0.6) is 0 Å². The topological polar surface area (TPSA) is 25.8 Å². The number of aromatic nitrogens is 2. The molecule has 1 fully saturated rings. The molecule has 1 aliphatic carbocycles. The molecule has 0 bridgehead atoms. The van der Waals surface area contributed by atoms with Gasteiger partial charge in [0.1, 0.15) is 5.82 Å². The minimum Gasteiger partial charge on any atom is -0.206 e. The second-order valence-electron chi connectivity index (χ2n) is 9.25. The Morgan fingerprint density at radius 3 is 2.17 bits per heavy atom. The van der Waals surface area contributed by atoms with Crippen molar-refractivity contribution in [2.75, 3.05) is 0 Å². The molecule has 1 heterocycles. The highest BCUT2D eigenvalue weighted by Gasteiger charge is 2.20. The summed E-state index contributed by atoms with van der Waals surface area (Å²) in [5.74, 6) is 1.60. The molecule has 1 aliphatic rings. The third kappa shape index (κ3) is 6.89. The number of benzene rings is 1. The number of unbranched alkanes of at least 4 members (excludes halogenated alkanes) is 3. The minimum atomic E-state index is -0.177. The quantitative estimate of drug-likeness (QED) is 0.351. The Bertz CT molecular complexity index is 748. The first kappa shape index (κ1) is 22.9. The van der Waals surface area contributed by atoms with Crippen molar-refractivity contribution in [3.05, 3.63) is 47.4 Å². The number of nitrogens with zero attached hydrogens (tertiary/aromatic N) is 2. The highest BCUT2D eigenvalue weighted by molar-refractivity contribution is 5.59. The first-order valence-corrected chi connectivity index (χ1v) is 12.3. The average molecular weight is 411 g/mol. The van der Waals surface area contributed by atoms with Gasteiger partial charge in [0.2, 0.25) is 0 Å². The van der Waals surface area contributed by atoms with Gasteiger partial charge in [-0.3, -0.25) is 0 Å². The van der Waals surface area contributed by atoms with Crippen LogP contribution in [-0.2, 0) is 12.8 Å². The van der Waals surface area contributed by atoms with Crippen molar-refractivity contribution in [3.8, 4) is 11.3 Å². The highest BCUT2D eigenvalue weighted by Crippen LogP contribution is 2.34. The largest absolute Gasteiger partial charge is 0.206 e. The molecule has 3 rings (SSSR count). The smallest absolute Gasteiger partial charge is 0.132 e. The third-order valence-corrected chi connectivity index (χ3v) is 6.84. The van der Waals surface area contributed by atoms with Crippen LogP contribution in [0.25, 0.3) is 11.3 Å². The predicted molar refractivity (Wildman–Crippen MR) is 124 cm³/mol. The first-order chi connectivity index (χ1) is 14.7. The van der Waals surface area contributed by atoms with E-state index in [9.17, 15) is 4.39 Å². The summed E-state index contributed by atoms with van der Waals surface area (Å²) in [5, 5.41) is 8.57. The second kappa shape index (κ2) is 12.2. The van der Waals surface area contributed by atoms with Crippen molar-refractivity contribution in [2.45, 2.75) is 97.3 Å². The van der Waals surface area contributed by atoms with Gasteiger partial charge in [-0.05, 0) is 67.3 Å². The van der Waals surface area contributed by atoms with E-state index in [1.807, 2.05) is 18.2 Å². The number of hydrogen-bond donors (Lipinski definition) is 0. The van der Waals surface area contributed by atoms with Crippen LogP contribution in [-0.4, -0.2) is 10.2 Å². The van der Waals surface area contributed by atoms with Crippen LogP contribution >= 0.6 is 0 Å². The molecule has 1 aromatic carbocycles. The average Bonchev–Trinajstić information content (AvgIpc) is 2.78. The molecule has 0 atom stereocenters. The van der Waals surface area contributed by atoms with E-state index in [0.717, 1.165) is 42.4 Å². The predicted octanol–water partition coefficient (Wildman–Crippen LogP) is 7.94. The van der Waals surface area contributed by atoms with Crippen LogP contribution in [0.1, 0.15) is 95.7 Å². The zero-order valence-corrected chi connectivity index (χ0v) is 19.0. The van der Waals surface area contributed by atoms with E-state index in [4.69, 9.17) is 0 Å². The van der Waals surface area contributed by atoms with Crippen LogP contribution < -0.4 is 0 Å². The van der Waals surface area contributed by atoms with Crippen molar-refractivity contribution < 1.29 is 4.39 Å². The van der Waals surface area contributed by atoms with Crippen LogP contribution in [0.2, 0.25) is 0 Å². The van der Waals surface area contributed by atoms with E-state index in [0.29, 0.717) is 11.3 Å². The molecule has 0 radical (unpaired) electrons. The van der Waals surface area contributed by atoms with E-state index in [2.05, 4.69) is 30.1 Å². The molecule has 1 saturated carbocycles. The number of rotatable bonds is 11. The minimum absolute atomic E-state index is 0.177. The fourth-order valence-corrected chi connectivity index (χ4v) is 4.79. The van der Waals surface area contributed by atoms with Gasteiger partial charge in [0.25, 0.3) is 0 Å². The summed E-state index contributed by atoms with van der Waals surface area (Å²) >= 11 is 0. The number of halogens is 1. The molecular formula is C27H39FN2. The van der Waals surface area contributed by atoms with E-state index < -0.39 is 0 Å². The Balaban J connectivity index is 1.49. The summed E-state index contributed by atoms with van der Waals surface area (Å²) < 4.78 is 14.8. The summed E-state index contributed by atoms with van der Waals surface area (Å²) in [4.78, 5) is 0. The third-order valence-electron chi connectivity index (χ3n) is 6.84. The molecule has 3 heteroatoms. The molecule has 164 valence electrons. The molecule has 0 unspecified atom stereocenters. The van der Waals surface area contributed by atoms with Crippen LogP contribution in [0, 0.1) is 17.7 Å². The van der Waals surface area contributed by atoms with Gasteiger partial charge in [-0.25, -0.2) is 4.39 Å². The monoisotopic (exact) mass is 410 g/mol.